The summed E-state index contributed by atoms with van der Waals surface area (Å²) in [7, 11) is 0. The number of hydrogen-bond donors (Lipinski definition) is 1. The number of fused-ring (bicyclic) bond motifs is 1. The fourth-order valence-electron chi connectivity index (χ4n) is 2.32. The van der Waals surface area contributed by atoms with Gasteiger partial charge in [0.15, 0.2) is 0 Å². The Morgan fingerprint density at radius 3 is 2.41 bits per heavy atom. The fourth-order valence-corrected chi connectivity index (χ4v) is 2.32. The lowest BCUT2D eigenvalue weighted by Gasteiger charge is -2.21. The Bertz CT molecular complexity index is 668. The van der Waals surface area contributed by atoms with Gasteiger partial charge in [-0.05, 0) is 26.0 Å². The first kappa shape index (κ1) is 15.7. The van der Waals surface area contributed by atoms with E-state index in [1.807, 2.05) is 0 Å². The zero-order valence-corrected chi connectivity index (χ0v) is 12.3. The minimum Gasteiger partial charge on any atom is -0.480 e. The topological polar surface area (TPSA) is 95.0 Å². The van der Waals surface area contributed by atoms with E-state index in [0.29, 0.717) is 0 Å². The molecule has 7 heteroatoms. The van der Waals surface area contributed by atoms with Gasteiger partial charge in [-0.1, -0.05) is 11.6 Å². The highest BCUT2D eigenvalue weighted by molar-refractivity contribution is 6.22. The summed E-state index contributed by atoms with van der Waals surface area (Å²) in [6.45, 7) is 2.71. The van der Waals surface area contributed by atoms with E-state index in [9.17, 15) is 19.2 Å². The van der Waals surface area contributed by atoms with Crippen molar-refractivity contribution in [2.75, 3.05) is 19.6 Å². The number of aliphatic carboxylic acids is 1. The quantitative estimate of drug-likeness (QED) is 0.800. The van der Waals surface area contributed by atoms with Crippen LogP contribution in [0.1, 0.15) is 33.2 Å². The van der Waals surface area contributed by atoms with Gasteiger partial charge >= 0.3 is 5.97 Å². The molecule has 0 aromatic heterocycles. The van der Waals surface area contributed by atoms with Crippen LogP contribution in [0.4, 0.5) is 0 Å². The van der Waals surface area contributed by atoms with E-state index in [2.05, 4.69) is 0 Å². The summed E-state index contributed by atoms with van der Waals surface area (Å²) < 4.78 is 0. The van der Waals surface area contributed by atoms with Gasteiger partial charge in [-0.3, -0.25) is 24.1 Å². The molecular formula is C15H16N2O5. The maximum Gasteiger partial charge on any atom is 0.323 e. The molecule has 0 fully saturated rings. The highest BCUT2D eigenvalue weighted by Crippen LogP contribution is 2.23. The lowest BCUT2D eigenvalue weighted by atomic mass is 10.1. The normalized spacial score (nSPS) is 13.3. The van der Waals surface area contributed by atoms with Gasteiger partial charge < -0.3 is 10.0 Å². The number of rotatable bonds is 5. The van der Waals surface area contributed by atoms with E-state index < -0.39 is 36.8 Å². The number of carbonyl (C=O) groups excluding carboxylic acids is 3. The third kappa shape index (κ3) is 2.83. The summed E-state index contributed by atoms with van der Waals surface area (Å²) in [4.78, 5) is 49.2. The van der Waals surface area contributed by atoms with Gasteiger partial charge in [-0.15, -0.1) is 0 Å². The summed E-state index contributed by atoms with van der Waals surface area (Å²) in [5.41, 5.74) is 1.39. The van der Waals surface area contributed by atoms with E-state index in [1.54, 1.807) is 32.0 Å². The molecule has 3 amide bonds. The molecule has 0 saturated carbocycles. The van der Waals surface area contributed by atoms with E-state index in [1.165, 1.54) is 0 Å². The number of amides is 3. The van der Waals surface area contributed by atoms with Gasteiger partial charge in [0, 0.05) is 6.54 Å². The number of imide groups is 1. The van der Waals surface area contributed by atoms with Gasteiger partial charge in [-0.2, -0.15) is 0 Å². The van der Waals surface area contributed by atoms with Crippen molar-refractivity contribution in [3.63, 3.8) is 0 Å². The standard InChI is InChI=1S/C15H16N2O5/c1-3-16(8-13(19)20)12(18)7-17-14(21)10-5-4-9(2)6-11(10)15(17)22/h4-6H,3,7-8H2,1-2H3,(H,19,20). The van der Waals surface area contributed by atoms with Crippen molar-refractivity contribution in [1.82, 2.24) is 9.80 Å². The smallest absolute Gasteiger partial charge is 0.323 e. The number of carboxylic acid groups (broad SMARTS) is 1. The first-order valence-electron chi connectivity index (χ1n) is 6.81. The van der Waals surface area contributed by atoms with E-state index >= 15 is 0 Å². The van der Waals surface area contributed by atoms with Crippen molar-refractivity contribution in [2.45, 2.75) is 13.8 Å². The van der Waals surface area contributed by atoms with Crippen molar-refractivity contribution in [2.24, 2.45) is 0 Å². The number of likely N-dealkylation sites (N-methyl/N-ethyl adjacent to an activating group) is 1. The molecular weight excluding hydrogens is 288 g/mol. The average Bonchev–Trinajstić information content (AvgIpc) is 2.69. The number of nitrogens with zero attached hydrogens (tertiary/aromatic N) is 2. The van der Waals surface area contributed by atoms with E-state index in [4.69, 9.17) is 5.11 Å². The van der Waals surface area contributed by atoms with Crippen molar-refractivity contribution < 1.29 is 24.3 Å². The number of carboxylic acids is 1. The first-order chi connectivity index (χ1) is 10.3. The molecule has 1 heterocycles. The third-order valence-corrected chi connectivity index (χ3v) is 3.48. The van der Waals surface area contributed by atoms with Crippen LogP contribution in [0.3, 0.4) is 0 Å². The highest BCUT2D eigenvalue weighted by Gasteiger charge is 2.37. The largest absolute Gasteiger partial charge is 0.480 e. The third-order valence-electron chi connectivity index (χ3n) is 3.48. The Kier molecular flexibility index (Phi) is 4.25. The lowest BCUT2D eigenvalue weighted by Crippen LogP contribution is -2.44. The number of hydrogen-bond acceptors (Lipinski definition) is 4. The molecule has 0 radical (unpaired) electrons. The van der Waals surface area contributed by atoms with Crippen LogP contribution in [0.5, 0.6) is 0 Å². The second kappa shape index (κ2) is 5.97. The molecule has 0 aliphatic carbocycles. The minimum atomic E-state index is -1.15. The van der Waals surface area contributed by atoms with Crippen LogP contribution >= 0.6 is 0 Å². The first-order valence-corrected chi connectivity index (χ1v) is 6.81. The molecule has 1 aromatic carbocycles. The van der Waals surface area contributed by atoms with Crippen molar-refractivity contribution in [3.8, 4) is 0 Å². The molecule has 0 spiro atoms. The molecule has 0 saturated heterocycles. The molecule has 0 bridgehead atoms. The van der Waals surface area contributed by atoms with Gasteiger partial charge in [0.25, 0.3) is 11.8 Å². The molecule has 116 valence electrons. The predicted octanol–water partition coefficient (Wildman–Crippen LogP) is 0.524. The molecule has 2 rings (SSSR count). The van der Waals surface area contributed by atoms with Gasteiger partial charge in [0.2, 0.25) is 5.91 Å². The van der Waals surface area contributed by atoms with Crippen LogP contribution in [0.15, 0.2) is 18.2 Å². The second-order valence-corrected chi connectivity index (χ2v) is 5.05. The van der Waals surface area contributed by atoms with Crippen LogP contribution in [-0.2, 0) is 9.59 Å². The van der Waals surface area contributed by atoms with Crippen LogP contribution in [-0.4, -0.2) is 58.2 Å². The number of aryl methyl sites for hydroxylation is 1. The molecule has 0 unspecified atom stereocenters. The van der Waals surface area contributed by atoms with Crippen LogP contribution in [0.25, 0.3) is 0 Å². The highest BCUT2D eigenvalue weighted by atomic mass is 16.4. The molecule has 1 aliphatic rings. The summed E-state index contributed by atoms with van der Waals surface area (Å²) in [5, 5.41) is 8.76. The maximum atomic E-state index is 12.2. The molecule has 1 N–H and O–H groups in total. The molecule has 7 nitrogen and oxygen atoms in total. The summed E-state index contributed by atoms with van der Waals surface area (Å²) in [6.07, 6.45) is 0. The van der Waals surface area contributed by atoms with Gasteiger partial charge in [-0.25, -0.2) is 0 Å². The van der Waals surface area contributed by atoms with Crippen molar-refractivity contribution >= 4 is 23.7 Å². The molecule has 1 aliphatic heterocycles. The zero-order valence-electron chi connectivity index (χ0n) is 12.3. The molecule has 1 aromatic rings. The van der Waals surface area contributed by atoms with Gasteiger partial charge in [0.1, 0.15) is 13.1 Å². The fraction of sp³-hybridized carbons (Fsp3) is 0.333. The molecule has 0 atom stereocenters. The average molecular weight is 304 g/mol. The van der Waals surface area contributed by atoms with Crippen LogP contribution in [0, 0.1) is 6.92 Å². The lowest BCUT2D eigenvalue weighted by molar-refractivity contribution is -0.144. The minimum absolute atomic E-state index is 0.188. The SMILES string of the molecule is CCN(CC(=O)O)C(=O)CN1C(=O)c2ccc(C)cc2C1=O. The number of benzene rings is 1. The Morgan fingerprint density at radius 2 is 1.82 bits per heavy atom. The van der Waals surface area contributed by atoms with E-state index in [0.717, 1.165) is 15.4 Å². The second-order valence-electron chi connectivity index (χ2n) is 5.05. The van der Waals surface area contributed by atoms with Gasteiger partial charge in [0.05, 0.1) is 11.1 Å². The summed E-state index contributed by atoms with van der Waals surface area (Å²) in [5.74, 6) is -2.77. The monoisotopic (exact) mass is 304 g/mol. The Labute approximate surface area is 127 Å². The Morgan fingerprint density at radius 1 is 1.18 bits per heavy atom. The summed E-state index contributed by atoms with van der Waals surface area (Å²) >= 11 is 0. The Balaban J connectivity index is 2.18. The summed E-state index contributed by atoms with van der Waals surface area (Å²) in [6, 6.07) is 4.89. The predicted molar refractivity (Wildman–Crippen MR) is 76.4 cm³/mol. The zero-order chi connectivity index (χ0) is 16.4. The van der Waals surface area contributed by atoms with Crippen LogP contribution in [0.2, 0.25) is 0 Å². The van der Waals surface area contributed by atoms with E-state index in [-0.39, 0.29) is 17.7 Å². The number of carbonyl (C=O) groups is 4. The maximum absolute atomic E-state index is 12.2. The molecule has 22 heavy (non-hydrogen) atoms. The van der Waals surface area contributed by atoms with Crippen molar-refractivity contribution in [3.05, 3.63) is 34.9 Å². The van der Waals surface area contributed by atoms with Crippen LogP contribution < -0.4 is 0 Å². The Hall–Kier alpha value is -2.70. The van der Waals surface area contributed by atoms with Crippen molar-refractivity contribution in [1.29, 1.82) is 0 Å².